The zero-order valence-corrected chi connectivity index (χ0v) is 20.1. The SMILES string of the molecule is Cc1cccc(C(C(=O)NC(C)(C)C)N(C(=O)c2ccc(Cl)nc2)c2ccc3c(c2)OCO3)n1. The van der Waals surface area contributed by atoms with Crippen LogP contribution in [0.2, 0.25) is 5.15 Å². The Bertz CT molecular complexity index is 1220. The second kappa shape index (κ2) is 9.30. The van der Waals surface area contributed by atoms with Gasteiger partial charge in [0.05, 0.1) is 11.3 Å². The first-order chi connectivity index (χ1) is 16.1. The molecule has 0 spiro atoms. The number of aromatic nitrogens is 2. The molecule has 1 aliphatic heterocycles. The Labute approximate surface area is 202 Å². The molecular weight excluding hydrogens is 456 g/mol. The first kappa shape index (κ1) is 23.5. The fraction of sp³-hybridized carbons (Fsp3) is 0.280. The van der Waals surface area contributed by atoms with Crippen molar-refractivity contribution in [1.82, 2.24) is 15.3 Å². The van der Waals surface area contributed by atoms with Gasteiger partial charge in [-0.1, -0.05) is 17.7 Å². The average Bonchev–Trinajstić information content (AvgIpc) is 3.24. The lowest BCUT2D eigenvalue weighted by Gasteiger charge is -2.33. The summed E-state index contributed by atoms with van der Waals surface area (Å²) in [6.07, 6.45) is 1.38. The van der Waals surface area contributed by atoms with Crippen molar-refractivity contribution in [1.29, 1.82) is 0 Å². The third kappa shape index (κ3) is 5.12. The topological polar surface area (TPSA) is 93.7 Å². The number of halogens is 1. The van der Waals surface area contributed by atoms with Crippen LogP contribution < -0.4 is 19.7 Å². The highest BCUT2D eigenvalue weighted by atomic mass is 35.5. The van der Waals surface area contributed by atoms with Crippen LogP contribution in [0.5, 0.6) is 11.5 Å². The van der Waals surface area contributed by atoms with Crippen molar-refractivity contribution >= 4 is 29.1 Å². The molecule has 34 heavy (non-hydrogen) atoms. The van der Waals surface area contributed by atoms with Crippen molar-refractivity contribution in [2.24, 2.45) is 0 Å². The Morgan fingerprint density at radius 2 is 1.85 bits per heavy atom. The van der Waals surface area contributed by atoms with E-state index < -0.39 is 17.5 Å². The molecule has 0 aliphatic carbocycles. The standard InChI is InChI=1S/C25H25ClN4O4/c1-15-6-5-7-18(28-15)22(23(31)29-25(2,3)4)30(24(32)16-8-11-21(26)27-13-16)17-9-10-19-20(12-17)34-14-33-19/h5-13,22H,14H2,1-4H3,(H,29,31). The van der Waals surface area contributed by atoms with Gasteiger partial charge in [0.2, 0.25) is 12.7 Å². The van der Waals surface area contributed by atoms with Gasteiger partial charge in [-0.3, -0.25) is 19.5 Å². The van der Waals surface area contributed by atoms with Gasteiger partial charge in [0.25, 0.3) is 5.91 Å². The molecule has 9 heteroatoms. The maximum absolute atomic E-state index is 13.9. The molecule has 0 fully saturated rings. The van der Waals surface area contributed by atoms with Crippen molar-refractivity contribution < 1.29 is 19.1 Å². The zero-order valence-electron chi connectivity index (χ0n) is 19.3. The van der Waals surface area contributed by atoms with Crippen LogP contribution in [0, 0.1) is 6.92 Å². The van der Waals surface area contributed by atoms with E-state index >= 15 is 0 Å². The Morgan fingerprint density at radius 3 is 2.53 bits per heavy atom. The monoisotopic (exact) mass is 480 g/mol. The number of carbonyl (C=O) groups excluding carboxylic acids is 2. The quantitative estimate of drug-likeness (QED) is 0.541. The van der Waals surface area contributed by atoms with Crippen LogP contribution in [-0.4, -0.2) is 34.1 Å². The van der Waals surface area contributed by atoms with Gasteiger partial charge < -0.3 is 14.8 Å². The molecule has 1 aromatic carbocycles. The van der Waals surface area contributed by atoms with Gasteiger partial charge in [-0.05, 0) is 64.1 Å². The molecule has 3 aromatic rings. The molecule has 4 rings (SSSR count). The van der Waals surface area contributed by atoms with Crippen LogP contribution in [0.1, 0.15) is 48.6 Å². The lowest BCUT2D eigenvalue weighted by molar-refractivity contribution is -0.124. The highest BCUT2D eigenvalue weighted by molar-refractivity contribution is 6.29. The van der Waals surface area contributed by atoms with Gasteiger partial charge in [-0.25, -0.2) is 4.98 Å². The molecule has 176 valence electrons. The van der Waals surface area contributed by atoms with E-state index in [1.165, 1.54) is 17.2 Å². The number of ether oxygens (including phenoxy) is 2. The number of anilines is 1. The maximum Gasteiger partial charge on any atom is 0.260 e. The van der Waals surface area contributed by atoms with E-state index in [0.29, 0.717) is 22.9 Å². The number of fused-ring (bicyclic) bond motifs is 1. The number of nitrogens with one attached hydrogen (secondary N) is 1. The molecule has 1 aliphatic rings. The van der Waals surface area contributed by atoms with Crippen molar-refractivity contribution in [2.75, 3.05) is 11.7 Å². The summed E-state index contributed by atoms with van der Waals surface area (Å²) in [5, 5.41) is 3.25. The number of amides is 2. The first-order valence-electron chi connectivity index (χ1n) is 10.7. The van der Waals surface area contributed by atoms with Crippen molar-refractivity contribution in [3.8, 4) is 11.5 Å². The summed E-state index contributed by atoms with van der Waals surface area (Å²) in [6, 6.07) is 12.5. The van der Waals surface area contributed by atoms with E-state index in [9.17, 15) is 9.59 Å². The van der Waals surface area contributed by atoms with Gasteiger partial charge in [0.1, 0.15) is 5.15 Å². The van der Waals surface area contributed by atoms with Crippen LogP contribution in [0.15, 0.2) is 54.7 Å². The highest BCUT2D eigenvalue weighted by Crippen LogP contribution is 2.38. The number of hydrogen-bond acceptors (Lipinski definition) is 6. The molecule has 8 nitrogen and oxygen atoms in total. The second-order valence-corrected chi connectivity index (χ2v) is 9.32. The minimum absolute atomic E-state index is 0.0845. The smallest absolute Gasteiger partial charge is 0.260 e. The minimum atomic E-state index is -1.07. The summed E-state index contributed by atoms with van der Waals surface area (Å²) < 4.78 is 11.0. The van der Waals surface area contributed by atoms with Crippen molar-refractivity contribution in [2.45, 2.75) is 39.3 Å². The van der Waals surface area contributed by atoms with Gasteiger partial charge in [-0.15, -0.1) is 0 Å². The molecule has 0 radical (unpaired) electrons. The van der Waals surface area contributed by atoms with Crippen LogP contribution in [0.4, 0.5) is 5.69 Å². The number of hydrogen-bond donors (Lipinski definition) is 1. The molecule has 1 unspecified atom stereocenters. The average molecular weight is 481 g/mol. The van der Waals surface area contributed by atoms with E-state index in [1.807, 2.05) is 33.8 Å². The molecule has 1 N–H and O–H groups in total. The Morgan fingerprint density at radius 1 is 1.09 bits per heavy atom. The molecule has 2 amide bonds. The number of benzene rings is 1. The minimum Gasteiger partial charge on any atom is -0.454 e. The van der Waals surface area contributed by atoms with Gasteiger partial charge in [0, 0.05) is 29.2 Å². The predicted molar refractivity (Wildman–Crippen MR) is 128 cm³/mol. The molecule has 0 saturated heterocycles. The highest BCUT2D eigenvalue weighted by Gasteiger charge is 2.36. The van der Waals surface area contributed by atoms with E-state index in [4.69, 9.17) is 21.1 Å². The molecular formula is C25H25ClN4O4. The largest absolute Gasteiger partial charge is 0.454 e. The maximum atomic E-state index is 13.9. The van der Waals surface area contributed by atoms with Gasteiger partial charge in [0.15, 0.2) is 17.5 Å². The summed E-state index contributed by atoms with van der Waals surface area (Å²) in [5.74, 6) is 0.226. The van der Waals surface area contributed by atoms with E-state index in [0.717, 1.165) is 5.69 Å². The molecule has 0 saturated carbocycles. The number of pyridine rings is 2. The van der Waals surface area contributed by atoms with E-state index in [2.05, 4.69) is 15.3 Å². The Balaban J connectivity index is 1.89. The Hall–Kier alpha value is -3.65. The number of nitrogens with zero attached hydrogens (tertiary/aromatic N) is 3. The van der Waals surface area contributed by atoms with Crippen LogP contribution in [0.3, 0.4) is 0 Å². The third-order valence-electron chi connectivity index (χ3n) is 5.02. The van der Waals surface area contributed by atoms with Gasteiger partial charge in [-0.2, -0.15) is 0 Å². The van der Waals surface area contributed by atoms with Gasteiger partial charge >= 0.3 is 0 Å². The number of rotatable bonds is 5. The molecule has 0 bridgehead atoms. The first-order valence-corrected chi connectivity index (χ1v) is 11.1. The summed E-state index contributed by atoms with van der Waals surface area (Å²) in [6.45, 7) is 7.55. The van der Waals surface area contributed by atoms with Crippen molar-refractivity contribution in [3.63, 3.8) is 0 Å². The molecule has 2 aromatic heterocycles. The number of carbonyl (C=O) groups is 2. The normalized spacial score (nSPS) is 13.3. The fourth-order valence-corrected chi connectivity index (χ4v) is 3.71. The van der Waals surface area contributed by atoms with Crippen LogP contribution >= 0.6 is 11.6 Å². The summed E-state index contributed by atoms with van der Waals surface area (Å²) in [4.78, 5) is 37.6. The van der Waals surface area contributed by atoms with E-state index in [-0.39, 0.29) is 23.4 Å². The van der Waals surface area contributed by atoms with Crippen molar-refractivity contribution in [3.05, 3.63) is 76.8 Å². The summed E-state index contributed by atoms with van der Waals surface area (Å²) >= 11 is 5.94. The van der Waals surface area contributed by atoms with Crippen LogP contribution in [0.25, 0.3) is 0 Å². The zero-order chi connectivity index (χ0) is 24.5. The Kier molecular flexibility index (Phi) is 6.43. The number of aryl methyl sites for hydroxylation is 1. The molecule has 1 atom stereocenters. The lowest BCUT2D eigenvalue weighted by Crippen LogP contribution is -2.49. The summed E-state index contributed by atoms with van der Waals surface area (Å²) in [7, 11) is 0. The van der Waals surface area contributed by atoms with Crippen LogP contribution in [-0.2, 0) is 4.79 Å². The second-order valence-electron chi connectivity index (χ2n) is 8.93. The predicted octanol–water partition coefficient (Wildman–Crippen LogP) is 4.47. The lowest BCUT2D eigenvalue weighted by atomic mass is 10.0. The third-order valence-corrected chi connectivity index (χ3v) is 5.25. The fourth-order valence-electron chi connectivity index (χ4n) is 3.60. The molecule has 3 heterocycles. The summed E-state index contributed by atoms with van der Waals surface area (Å²) in [5.41, 5.74) is 1.32. The van der Waals surface area contributed by atoms with E-state index in [1.54, 1.807) is 36.4 Å².